The molecule has 1 aliphatic rings. The lowest BCUT2D eigenvalue weighted by molar-refractivity contribution is 0.461. The summed E-state index contributed by atoms with van der Waals surface area (Å²) in [6.07, 6.45) is 2.77. The molecule has 1 aromatic heterocycles. The van der Waals surface area contributed by atoms with E-state index in [-0.39, 0.29) is 11.9 Å². The maximum atomic E-state index is 13.8. The molecule has 1 fully saturated rings. The van der Waals surface area contributed by atoms with Gasteiger partial charge in [-0.1, -0.05) is 6.07 Å². The zero-order chi connectivity index (χ0) is 20.4. The molecule has 29 heavy (non-hydrogen) atoms. The van der Waals surface area contributed by atoms with E-state index in [0.717, 1.165) is 55.0 Å². The van der Waals surface area contributed by atoms with Crippen LogP contribution in [0.25, 0.3) is 10.9 Å². The number of anilines is 1. The van der Waals surface area contributed by atoms with Gasteiger partial charge in [0.15, 0.2) is 0 Å². The molecule has 0 aliphatic carbocycles. The van der Waals surface area contributed by atoms with Crippen LogP contribution in [0, 0.1) is 24.4 Å². The molecule has 2 aromatic carbocycles. The monoisotopic (exact) mass is 400 g/mol. The standard InChI is InChI=1S/C22H23F3N4/c1-14-19-11-16(23)6-7-21(19)28-22(27-14)29-9-2-3-18(8-10-29)26-13-15-4-5-17(24)12-20(15)25/h4-7,11-12,18,26H,2-3,8-10,13H2,1H3/t18-/m0/s1. The van der Waals surface area contributed by atoms with E-state index in [1.54, 1.807) is 6.07 Å². The highest BCUT2D eigenvalue weighted by atomic mass is 19.1. The van der Waals surface area contributed by atoms with Gasteiger partial charge in [-0.15, -0.1) is 0 Å². The molecule has 1 aliphatic heterocycles. The molecular formula is C22H23F3N4. The number of nitrogens with one attached hydrogen (secondary N) is 1. The topological polar surface area (TPSA) is 41.1 Å². The minimum Gasteiger partial charge on any atom is -0.341 e. The number of nitrogens with zero attached hydrogens (tertiary/aromatic N) is 3. The van der Waals surface area contributed by atoms with Gasteiger partial charge in [-0.3, -0.25) is 0 Å². The summed E-state index contributed by atoms with van der Waals surface area (Å²) in [6.45, 7) is 3.84. The summed E-state index contributed by atoms with van der Waals surface area (Å²) in [5.41, 5.74) is 1.96. The predicted molar refractivity (Wildman–Crippen MR) is 107 cm³/mol. The number of hydrogen-bond acceptors (Lipinski definition) is 4. The predicted octanol–water partition coefficient (Wildman–Crippen LogP) is 4.50. The van der Waals surface area contributed by atoms with Crippen molar-refractivity contribution in [1.29, 1.82) is 0 Å². The smallest absolute Gasteiger partial charge is 0.226 e. The van der Waals surface area contributed by atoms with Crippen LogP contribution in [0.1, 0.15) is 30.5 Å². The summed E-state index contributed by atoms with van der Waals surface area (Å²) < 4.78 is 40.4. The first-order valence-corrected chi connectivity index (χ1v) is 9.86. The molecule has 2 heterocycles. The number of fused-ring (bicyclic) bond motifs is 1. The fourth-order valence-electron chi connectivity index (χ4n) is 3.80. The lowest BCUT2D eigenvalue weighted by Crippen LogP contribution is -2.31. The van der Waals surface area contributed by atoms with Crippen LogP contribution in [0.4, 0.5) is 19.1 Å². The number of benzene rings is 2. The van der Waals surface area contributed by atoms with E-state index in [1.165, 1.54) is 24.3 Å². The molecule has 7 heteroatoms. The Morgan fingerprint density at radius 2 is 1.79 bits per heavy atom. The maximum Gasteiger partial charge on any atom is 0.226 e. The zero-order valence-corrected chi connectivity index (χ0v) is 16.3. The second-order valence-corrected chi connectivity index (χ2v) is 7.50. The molecule has 4 nitrogen and oxygen atoms in total. The average molecular weight is 400 g/mol. The first-order chi connectivity index (χ1) is 14.0. The van der Waals surface area contributed by atoms with Crippen LogP contribution in [0.2, 0.25) is 0 Å². The summed E-state index contributed by atoms with van der Waals surface area (Å²) in [5, 5.41) is 4.11. The summed E-state index contributed by atoms with van der Waals surface area (Å²) in [4.78, 5) is 11.4. The Labute approximate surface area is 167 Å². The molecule has 0 unspecified atom stereocenters. The Bertz CT molecular complexity index is 1020. The Morgan fingerprint density at radius 1 is 1.00 bits per heavy atom. The van der Waals surface area contributed by atoms with Crippen molar-refractivity contribution in [2.24, 2.45) is 0 Å². The molecule has 0 bridgehead atoms. The average Bonchev–Trinajstić information content (AvgIpc) is 2.93. The van der Waals surface area contributed by atoms with Crippen LogP contribution in [0.15, 0.2) is 36.4 Å². The van der Waals surface area contributed by atoms with Crippen LogP contribution >= 0.6 is 0 Å². The van der Waals surface area contributed by atoms with Crippen molar-refractivity contribution < 1.29 is 13.2 Å². The molecule has 4 rings (SSSR count). The summed E-state index contributed by atoms with van der Waals surface area (Å²) in [7, 11) is 0. The Morgan fingerprint density at radius 3 is 2.62 bits per heavy atom. The Kier molecular flexibility index (Phi) is 5.67. The lowest BCUT2D eigenvalue weighted by atomic mass is 10.1. The van der Waals surface area contributed by atoms with Gasteiger partial charge in [0.2, 0.25) is 5.95 Å². The Hall–Kier alpha value is -2.67. The molecule has 1 saturated heterocycles. The number of aromatic nitrogens is 2. The largest absolute Gasteiger partial charge is 0.341 e. The Balaban J connectivity index is 1.42. The van der Waals surface area contributed by atoms with Crippen molar-refractivity contribution in [3.05, 3.63) is 65.1 Å². The van der Waals surface area contributed by atoms with Crippen molar-refractivity contribution >= 4 is 16.9 Å². The minimum atomic E-state index is -0.565. The molecule has 1 atom stereocenters. The summed E-state index contributed by atoms with van der Waals surface area (Å²) in [6, 6.07) is 8.47. The van der Waals surface area contributed by atoms with E-state index in [0.29, 0.717) is 18.1 Å². The van der Waals surface area contributed by atoms with E-state index in [9.17, 15) is 13.2 Å². The van der Waals surface area contributed by atoms with Crippen LogP contribution in [-0.4, -0.2) is 29.1 Å². The zero-order valence-electron chi connectivity index (χ0n) is 16.3. The van der Waals surface area contributed by atoms with Crippen LogP contribution in [0.3, 0.4) is 0 Å². The minimum absolute atomic E-state index is 0.236. The van der Waals surface area contributed by atoms with Gasteiger partial charge in [-0.25, -0.2) is 23.1 Å². The van der Waals surface area contributed by atoms with Gasteiger partial charge in [0, 0.05) is 42.7 Å². The first-order valence-electron chi connectivity index (χ1n) is 9.86. The highest BCUT2D eigenvalue weighted by Gasteiger charge is 2.20. The van der Waals surface area contributed by atoms with E-state index < -0.39 is 11.6 Å². The van der Waals surface area contributed by atoms with Crippen LogP contribution < -0.4 is 10.2 Å². The van der Waals surface area contributed by atoms with E-state index >= 15 is 0 Å². The van der Waals surface area contributed by atoms with Crippen molar-refractivity contribution in [3.63, 3.8) is 0 Å². The number of rotatable bonds is 4. The highest BCUT2D eigenvalue weighted by Crippen LogP contribution is 2.22. The van der Waals surface area contributed by atoms with Crippen molar-refractivity contribution in [3.8, 4) is 0 Å². The number of halogens is 3. The second-order valence-electron chi connectivity index (χ2n) is 7.50. The van der Waals surface area contributed by atoms with Crippen molar-refractivity contribution in [2.45, 2.75) is 38.8 Å². The summed E-state index contributed by atoms with van der Waals surface area (Å²) >= 11 is 0. The van der Waals surface area contributed by atoms with Crippen LogP contribution in [0.5, 0.6) is 0 Å². The van der Waals surface area contributed by atoms with E-state index in [1.807, 2.05) is 6.92 Å². The van der Waals surface area contributed by atoms with E-state index in [2.05, 4.69) is 20.2 Å². The number of aryl methyl sites for hydroxylation is 1. The van der Waals surface area contributed by atoms with Gasteiger partial charge >= 0.3 is 0 Å². The van der Waals surface area contributed by atoms with E-state index in [4.69, 9.17) is 0 Å². The van der Waals surface area contributed by atoms with Gasteiger partial charge in [-0.2, -0.15) is 0 Å². The molecule has 0 spiro atoms. The van der Waals surface area contributed by atoms with Crippen molar-refractivity contribution in [1.82, 2.24) is 15.3 Å². The molecule has 152 valence electrons. The maximum absolute atomic E-state index is 13.8. The van der Waals surface area contributed by atoms with Gasteiger partial charge in [0.25, 0.3) is 0 Å². The molecule has 1 N–H and O–H groups in total. The van der Waals surface area contributed by atoms with Gasteiger partial charge < -0.3 is 10.2 Å². The molecule has 0 amide bonds. The van der Waals surface area contributed by atoms with Crippen LogP contribution in [-0.2, 0) is 6.54 Å². The first kappa shape index (κ1) is 19.6. The third-order valence-corrected chi connectivity index (χ3v) is 5.44. The SMILES string of the molecule is Cc1nc(N2CCC[C@H](NCc3ccc(F)cc3F)CC2)nc2ccc(F)cc12. The normalized spacial score (nSPS) is 17.5. The molecular weight excluding hydrogens is 377 g/mol. The van der Waals surface area contributed by atoms with Gasteiger partial charge in [-0.05, 0) is 50.5 Å². The summed E-state index contributed by atoms with van der Waals surface area (Å²) in [5.74, 6) is -0.723. The second kappa shape index (κ2) is 8.37. The quantitative estimate of drug-likeness (QED) is 0.700. The molecule has 3 aromatic rings. The third-order valence-electron chi connectivity index (χ3n) is 5.44. The fourth-order valence-corrected chi connectivity index (χ4v) is 3.80. The van der Waals surface area contributed by atoms with Gasteiger partial charge in [0.05, 0.1) is 11.2 Å². The van der Waals surface area contributed by atoms with Gasteiger partial charge in [0.1, 0.15) is 17.5 Å². The molecule has 0 radical (unpaired) electrons. The lowest BCUT2D eigenvalue weighted by Gasteiger charge is -2.21. The molecule has 0 saturated carbocycles. The number of hydrogen-bond donors (Lipinski definition) is 1. The highest BCUT2D eigenvalue weighted by molar-refractivity contribution is 5.81. The van der Waals surface area contributed by atoms with Crippen molar-refractivity contribution in [2.75, 3.05) is 18.0 Å². The third kappa shape index (κ3) is 4.50. The fraction of sp³-hybridized carbons (Fsp3) is 0.364.